The van der Waals surface area contributed by atoms with Gasteiger partial charge in [-0.15, -0.1) is 11.3 Å². The average Bonchev–Trinajstić information content (AvgIpc) is 3.41. The Morgan fingerprint density at radius 3 is 2.85 bits per heavy atom. The van der Waals surface area contributed by atoms with Crippen molar-refractivity contribution in [2.45, 2.75) is 31.9 Å². The summed E-state index contributed by atoms with van der Waals surface area (Å²) in [7, 11) is 0. The van der Waals surface area contributed by atoms with Crippen LogP contribution in [0.5, 0.6) is 0 Å². The van der Waals surface area contributed by atoms with Gasteiger partial charge in [0.2, 0.25) is 0 Å². The Hall–Kier alpha value is -2.31. The van der Waals surface area contributed by atoms with E-state index in [9.17, 15) is 9.59 Å². The molecule has 5 nitrogen and oxygen atoms in total. The van der Waals surface area contributed by atoms with Gasteiger partial charge in [0.15, 0.2) is 6.10 Å². The lowest BCUT2D eigenvalue weighted by Crippen LogP contribution is -2.39. The highest BCUT2D eigenvalue weighted by Gasteiger charge is 2.34. The van der Waals surface area contributed by atoms with Gasteiger partial charge in [-0.2, -0.15) is 0 Å². The van der Waals surface area contributed by atoms with Crippen molar-refractivity contribution < 1.29 is 14.3 Å². The Morgan fingerprint density at radius 2 is 2.11 bits per heavy atom. The van der Waals surface area contributed by atoms with E-state index >= 15 is 0 Å². The SMILES string of the molecule is CC(OC(=O)c1[nH]c2ccccc2c1Cl)C(=O)N1CCCC1c1cccs1. The van der Waals surface area contributed by atoms with Gasteiger partial charge in [0.25, 0.3) is 5.91 Å². The summed E-state index contributed by atoms with van der Waals surface area (Å²) < 4.78 is 5.44. The molecular formula is C20H19ClN2O3S. The molecule has 1 saturated heterocycles. The van der Waals surface area contributed by atoms with Crippen LogP contribution in [-0.4, -0.2) is 34.4 Å². The molecule has 1 amide bonds. The number of ether oxygens (including phenoxy) is 1. The van der Waals surface area contributed by atoms with Crippen molar-refractivity contribution in [1.82, 2.24) is 9.88 Å². The fourth-order valence-corrected chi connectivity index (χ4v) is 4.72. The minimum absolute atomic E-state index is 0.0651. The monoisotopic (exact) mass is 402 g/mol. The summed E-state index contributed by atoms with van der Waals surface area (Å²) in [6.07, 6.45) is 1.00. The first kappa shape index (κ1) is 18.1. The Balaban J connectivity index is 1.49. The number of nitrogens with zero attached hydrogens (tertiary/aromatic N) is 1. The zero-order chi connectivity index (χ0) is 19.0. The molecule has 2 unspecified atom stereocenters. The molecule has 0 bridgehead atoms. The number of aromatic amines is 1. The van der Waals surface area contributed by atoms with Gasteiger partial charge in [-0.1, -0.05) is 35.9 Å². The van der Waals surface area contributed by atoms with E-state index in [2.05, 4.69) is 4.98 Å². The number of halogens is 1. The van der Waals surface area contributed by atoms with Crippen LogP contribution in [0.1, 0.15) is 41.2 Å². The predicted octanol–water partition coefficient (Wildman–Crippen LogP) is 4.79. The van der Waals surface area contributed by atoms with Gasteiger partial charge in [0.1, 0.15) is 5.69 Å². The standard InChI is InChI=1S/C20H19ClN2O3S/c1-12(19(24)23-10-4-8-15(23)16-9-5-11-27-16)26-20(25)18-17(21)13-6-2-3-7-14(13)22-18/h2-3,5-7,9,11-12,15,22H,4,8,10H2,1H3. The number of carbonyl (C=O) groups is 2. The number of likely N-dealkylation sites (tertiary alicyclic amines) is 1. The van der Waals surface area contributed by atoms with Gasteiger partial charge in [-0.3, -0.25) is 4.79 Å². The second-order valence-electron chi connectivity index (χ2n) is 6.61. The molecule has 0 spiro atoms. The number of nitrogens with one attached hydrogen (secondary N) is 1. The largest absolute Gasteiger partial charge is 0.448 e. The second kappa shape index (κ2) is 7.37. The van der Waals surface area contributed by atoms with E-state index in [-0.39, 0.29) is 17.6 Å². The van der Waals surface area contributed by atoms with Crippen molar-refractivity contribution in [2.24, 2.45) is 0 Å². The number of esters is 1. The van der Waals surface area contributed by atoms with Crippen LogP contribution in [0, 0.1) is 0 Å². The van der Waals surface area contributed by atoms with Crippen molar-refractivity contribution in [3.05, 3.63) is 57.4 Å². The molecule has 140 valence electrons. The zero-order valence-electron chi connectivity index (χ0n) is 14.8. The number of amides is 1. The molecule has 3 aromatic rings. The summed E-state index contributed by atoms with van der Waals surface area (Å²) in [4.78, 5) is 31.4. The summed E-state index contributed by atoms with van der Waals surface area (Å²) in [6, 6.07) is 11.5. The van der Waals surface area contributed by atoms with Crippen LogP contribution < -0.4 is 0 Å². The molecule has 4 rings (SSSR count). The lowest BCUT2D eigenvalue weighted by atomic mass is 10.2. The molecule has 1 aromatic carbocycles. The van der Waals surface area contributed by atoms with Crippen LogP contribution in [0.4, 0.5) is 0 Å². The predicted molar refractivity (Wildman–Crippen MR) is 106 cm³/mol. The molecule has 27 heavy (non-hydrogen) atoms. The lowest BCUT2D eigenvalue weighted by Gasteiger charge is -2.26. The molecule has 1 aliphatic rings. The number of carbonyl (C=O) groups excluding carboxylic acids is 2. The van der Waals surface area contributed by atoms with Gasteiger partial charge in [-0.25, -0.2) is 4.79 Å². The Bertz CT molecular complexity index is 982. The number of hydrogen-bond acceptors (Lipinski definition) is 4. The summed E-state index contributed by atoms with van der Waals surface area (Å²) >= 11 is 7.95. The van der Waals surface area contributed by atoms with Crippen LogP contribution in [0.15, 0.2) is 41.8 Å². The van der Waals surface area contributed by atoms with E-state index in [1.807, 2.05) is 46.7 Å². The van der Waals surface area contributed by atoms with Crippen molar-refractivity contribution in [3.63, 3.8) is 0 Å². The molecule has 0 saturated carbocycles. The maximum Gasteiger partial charge on any atom is 0.357 e. The molecule has 1 N–H and O–H groups in total. The first-order chi connectivity index (χ1) is 13.1. The summed E-state index contributed by atoms with van der Waals surface area (Å²) in [5.41, 5.74) is 0.930. The number of hydrogen-bond donors (Lipinski definition) is 1. The summed E-state index contributed by atoms with van der Waals surface area (Å²) in [6.45, 7) is 2.29. The minimum atomic E-state index is -0.874. The van der Waals surface area contributed by atoms with Gasteiger partial charge in [0.05, 0.1) is 11.1 Å². The van der Waals surface area contributed by atoms with E-state index in [1.54, 1.807) is 18.3 Å². The minimum Gasteiger partial charge on any atom is -0.448 e. The van der Waals surface area contributed by atoms with Crippen molar-refractivity contribution in [2.75, 3.05) is 6.54 Å². The second-order valence-corrected chi connectivity index (χ2v) is 7.97. The van der Waals surface area contributed by atoms with Crippen molar-refractivity contribution in [1.29, 1.82) is 0 Å². The molecule has 2 aromatic heterocycles. The first-order valence-electron chi connectivity index (χ1n) is 8.87. The molecule has 2 atom stereocenters. The average molecular weight is 403 g/mol. The van der Waals surface area contributed by atoms with Gasteiger partial charge in [0, 0.05) is 22.3 Å². The van der Waals surface area contributed by atoms with Crippen LogP contribution >= 0.6 is 22.9 Å². The van der Waals surface area contributed by atoms with Crippen LogP contribution in [-0.2, 0) is 9.53 Å². The van der Waals surface area contributed by atoms with E-state index in [1.165, 1.54) is 0 Å². The smallest absolute Gasteiger partial charge is 0.357 e. The molecule has 3 heterocycles. The van der Waals surface area contributed by atoms with E-state index in [4.69, 9.17) is 16.3 Å². The fraction of sp³-hybridized carbons (Fsp3) is 0.300. The number of H-pyrrole nitrogens is 1. The van der Waals surface area contributed by atoms with Crippen molar-refractivity contribution >= 4 is 45.7 Å². The van der Waals surface area contributed by atoms with Gasteiger partial charge in [-0.05, 0) is 37.3 Å². The van der Waals surface area contributed by atoms with E-state index < -0.39 is 12.1 Å². The molecule has 1 fully saturated rings. The highest BCUT2D eigenvalue weighted by atomic mass is 35.5. The number of para-hydroxylation sites is 1. The highest BCUT2D eigenvalue weighted by Crippen LogP contribution is 2.35. The van der Waals surface area contributed by atoms with Gasteiger partial charge >= 0.3 is 5.97 Å². The number of thiophene rings is 1. The normalized spacial score (nSPS) is 18.0. The number of rotatable bonds is 4. The zero-order valence-corrected chi connectivity index (χ0v) is 16.3. The summed E-state index contributed by atoms with van der Waals surface area (Å²) in [5.74, 6) is -0.796. The van der Waals surface area contributed by atoms with E-state index in [0.29, 0.717) is 11.6 Å². The van der Waals surface area contributed by atoms with Crippen LogP contribution in [0.3, 0.4) is 0 Å². The third-order valence-electron chi connectivity index (χ3n) is 4.89. The Kier molecular flexibility index (Phi) is 4.93. The van der Waals surface area contributed by atoms with Crippen LogP contribution in [0.25, 0.3) is 10.9 Å². The molecule has 0 radical (unpaired) electrons. The van der Waals surface area contributed by atoms with Crippen molar-refractivity contribution in [3.8, 4) is 0 Å². The molecule has 7 heteroatoms. The highest BCUT2D eigenvalue weighted by molar-refractivity contribution is 7.10. The number of benzene rings is 1. The molecular weight excluding hydrogens is 384 g/mol. The topological polar surface area (TPSA) is 62.4 Å². The number of fused-ring (bicyclic) bond motifs is 1. The van der Waals surface area contributed by atoms with E-state index in [0.717, 1.165) is 28.6 Å². The molecule has 1 aliphatic heterocycles. The maximum atomic E-state index is 12.9. The molecule has 0 aliphatic carbocycles. The Morgan fingerprint density at radius 1 is 1.30 bits per heavy atom. The number of aromatic nitrogens is 1. The third-order valence-corrected chi connectivity index (χ3v) is 6.25. The fourth-order valence-electron chi connectivity index (χ4n) is 3.56. The first-order valence-corrected chi connectivity index (χ1v) is 10.1. The Labute approximate surface area is 165 Å². The quantitative estimate of drug-likeness (QED) is 0.638. The van der Waals surface area contributed by atoms with Gasteiger partial charge < -0.3 is 14.6 Å². The lowest BCUT2D eigenvalue weighted by molar-refractivity contribution is -0.140. The third kappa shape index (κ3) is 3.35. The summed E-state index contributed by atoms with van der Waals surface area (Å²) in [5, 5.41) is 3.08. The maximum absolute atomic E-state index is 12.9. The van der Waals surface area contributed by atoms with Crippen LogP contribution in [0.2, 0.25) is 5.02 Å².